The van der Waals surface area contributed by atoms with Gasteiger partial charge >= 0.3 is 0 Å². The molecule has 1 fully saturated rings. The molecule has 0 aromatic carbocycles. The lowest BCUT2D eigenvalue weighted by Crippen LogP contribution is -2.39. The van der Waals surface area contributed by atoms with Crippen molar-refractivity contribution in [2.45, 2.75) is 25.8 Å². The quantitative estimate of drug-likeness (QED) is 0.626. The van der Waals surface area contributed by atoms with Gasteiger partial charge in [-0.2, -0.15) is 0 Å². The van der Waals surface area contributed by atoms with E-state index in [0.29, 0.717) is 6.04 Å². The van der Waals surface area contributed by atoms with Crippen LogP contribution in [0.25, 0.3) is 0 Å². The van der Waals surface area contributed by atoms with E-state index < -0.39 is 0 Å². The molecule has 0 aromatic rings. The summed E-state index contributed by atoms with van der Waals surface area (Å²) in [7, 11) is 2.16. The molecular formula is C10H20N2. The molecule has 2 N–H and O–H groups in total. The minimum absolute atomic E-state index is 0.612. The summed E-state index contributed by atoms with van der Waals surface area (Å²) in [6.45, 7) is 3.90. The second-order valence-corrected chi connectivity index (χ2v) is 3.65. The summed E-state index contributed by atoms with van der Waals surface area (Å²) in [5.41, 5.74) is 5.72. The Balaban J connectivity index is 2.30. The van der Waals surface area contributed by atoms with Gasteiger partial charge in [0.2, 0.25) is 0 Å². The fourth-order valence-corrected chi connectivity index (χ4v) is 1.62. The Bertz CT molecular complexity index is 150. The summed E-state index contributed by atoms with van der Waals surface area (Å²) in [5.74, 6) is 0.880. The Hall–Kier alpha value is -0.340. The molecular weight excluding hydrogens is 148 g/mol. The Kier molecular flexibility index (Phi) is 3.76. The van der Waals surface area contributed by atoms with Gasteiger partial charge in [-0.05, 0) is 32.7 Å². The summed E-state index contributed by atoms with van der Waals surface area (Å²) >= 11 is 0. The molecule has 1 saturated carbocycles. The molecule has 1 rings (SSSR count). The van der Waals surface area contributed by atoms with Crippen LogP contribution < -0.4 is 5.73 Å². The Morgan fingerprint density at radius 2 is 2.25 bits per heavy atom. The number of nitrogens with zero attached hydrogens (tertiary/aromatic N) is 1. The van der Waals surface area contributed by atoms with Crippen LogP contribution in [-0.2, 0) is 0 Å². The molecule has 2 heteroatoms. The van der Waals surface area contributed by atoms with Gasteiger partial charge in [-0.15, -0.1) is 0 Å². The molecule has 0 aromatic heterocycles. The van der Waals surface area contributed by atoms with Crippen LogP contribution in [0.5, 0.6) is 0 Å². The summed E-state index contributed by atoms with van der Waals surface area (Å²) in [6, 6.07) is 0.612. The molecule has 70 valence electrons. The molecule has 1 aliphatic rings. The number of likely N-dealkylation sites (N-methyl/N-ethyl adjacent to an activating group) is 1. The van der Waals surface area contributed by atoms with E-state index in [1.165, 1.54) is 12.8 Å². The van der Waals surface area contributed by atoms with Gasteiger partial charge in [0.05, 0.1) is 0 Å². The molecule has 0 amide bonds. The van der Waals surface area contributed by atoms with Crippen molar-refractivity contribution in [3.05, 3.63) is 12.2 Å². The van der Waals surface area contributed by atoms with Crippen molar-refractivity contribution < 1.29 is 0 Å². The average molecular weight is 168 g/mol. The molecule has 1 atom stereocenters. The van der Waals surface area contributed by atoms with Gasteiger partial charge in [0.15, 0.2) is 0 Å². The van der Waals surface area contributed by atoms with Crippen LogP contribution in [0, 0.1) is 5.92 Å². The van der Waals surface area contributed by atoms with E-state index in [1.807, 2.05) is 0 Å². The second-order valence-electron chi connectivity index (χ2n) is 3.65. The van der Waals surface area contributed by atoms with Crippen LogP contribution >= 0.6 is 0 Å². The van der Waals surface area contributed by atoms with E-state index in [4.69, 9.17) is 5.73 Å². The molecule has 12 heavy (non-hydrogen) atoms. The average Bonchev–Trinajstić information content (AvgIpc) is 2.86. The minimum Gasteiger partial charge on any atom is -0.329 e. The Morgan fingerprint density at radius 1 is 1.58 bits per heavy atom. The zero-order chi connectivity index (χ0) is 8.97. The smallest absolute Gasteiger partial charge is 0.0246 e. The van der Waals surface area contributed by atoms with E-state index in [2.05, 4.69) is 31.0 Å². The number of hydrogen-bond donors (Lipinski definition) is 1. The molecule has 1 unspecified atom stereocenters. The third-order valence-corrected chi connectivity index (χ3v) is 2.60. The maximum atomic E-state index is 5.72. The van der Waals surface area contributed by atoms with Crippen molar-refractivity contribution >= 4 is 0 Å². The zero-order valence-corrected chi connectivity index (χ0v) is 8.16. The number of allylic oxidation sites excluding steroid dienone is 1. The third kappa shape index (κ3) is 2.61. The zero-order valence-electron chi connectivity index (χ0n) is 8.16. The highest BCUT2D eigenvalue weighted by molar-refractivity contribution is 4.90. The van der Waals surface area contributed by atoms with E-state index in [1.54, 1.807) is 0 Å². The van der Waals surface area contributed by atoms with Crippen LogP contribution in [0.2, 0.25) is 0 Å². The van der Waals surface area contributed by atoms with Gasteiger partial charge in [0.25, 0.3) is 0 Å². The summed E-state index contributed by atoms with van der Waals surface area (Å²) in [5, 5.41) is 0. The number of nitrogens with two attached hydrogens (primary N) is 1. The molecule has 1 aliphatic carbocycles. The fraction of sp³-hybridized carbons (Fsp3) is 0.800. The highest BCUT2D eigenvalue weighted by Crippen LogP contribution is 2.34. The standard InChI is InChI=1S/C10H20N2/c1-3-4-7-12(2)10(8-11)9-5-6-9/h3-4,9-10H,5-8,11H2,1-2H3/b4-3+. The minimum atomic E-state index is 0.612. The highest BCUT2D eigenvalue weighted by atomic mass is 15.1. The van der Waals surface area contributed by atoms with Gasteiger partial charge in [0, 0.05) is 19.1 Å². The van der Waals surface area contributed by atoms with Crippen molar-refractivity contribution in [2.24, 2.45) is 11.7 Å². The summed E-state index contributed by atoms with van der Waals surface area (Å²) in [6.07, 6.45) is 7.03. The van der Waals surface area contributed by atoms with E-state index in [-0.39, 0.29) is 0 Å². The SMILES string of the molecule is C/C=C/CN(C)C(CN)C1CC1. The van der Waals surface area contributed by atoms with Gasteiger partial charge in [-0.1, -0.05) is 12.2 Å². The second kappa shape index (κ2) is 4.63. The molecule has 0 saturated heterocycles. The number of hydrogen-bond acceptors (Lipinski definition) is 2. The Morgan fingerprint density at radius 3 is 2.67 bits per heavy atom. The molecule has 0 aliphatic heterocycles. The first-order valence-electron chi connectivity index (χ1n) is 4.81. The molecule has 0 radical (unpaired) electrons. The van der Waals surface area contributed by atoms with Crippen LogP contribution in [0.3, 0.4) is 0 Å². The summed E-state index contributed by atoms with van der Waals surface area (Å²) in [4.78, 5) is 2.36. The van der Waals surface area contributed by atoms with Crippen molar-refractivity contribution in [1.29, 1.82) is 0 Å². The first kappa shape index (κ1) is 9.75. The van der Waals surface area contributed by atoms with Gasteiger partial charge in [-0.25, -0.2) is 0 Å². The van der Waals surface area contributed by atoms with Gasteiger partial charge in [0.1, 0.15) is 0 Å². The topological polar surface area (TPSA) is 29.3 Å². The fourth-order valence-electron chi connectivity index (χ4n) is 1.62. The monoisotopic (exact) mass is 168 g/mol. The first-order valence-corrected chi connectivity index (χ1v) is 4.81. The van der Waals surface area contributed by atoms with Crippen LogP contribution in [0.15, 0.2) is 12.2 Å². The normalized spacial score (nSPS) is 20.7. The van der Waals surface area contributed by atoms with Crippen molar-refractivity contribution in [2.75, 3.05) is 20.1 Å². The lowest BCUT2D eigenvalue weighted by molar-refractivity contribution is 0.246. The summed E-state index contributed by atoms with van der Waals surface area (Å²) < 4.78 is 0. The lowest BCUT2D eigenvalue weighted by Gasteiger charge is -2.25. The van der Waals surface area contributed by atoms with Crippen molar-refractivity contribution in [1.82, 2.24) is 4.90 Å². The molecule has 0 spiro atoms. The maximum absolute atomic E-state index is 5.72. The van der Waals surface area contributed by atoms with E-state index >= 15 is 0 Å². The first-order chi connectivity index (χ1) is 5.79. The predicted molar refractivity (Wildman–Crippen MR) is 53.0 cm³/mol. The van der Waals surface area contributed by atoms with Crippen molar-refractivity contribution in [3.63, 3.8) is 0 Å². The number of rotatable bonds is 5. The van der Waals surface area contributed by atoms with E-state index in [0.717, 1.165) is 19.0 Å². The molecule has 0 bridgehead atoms. The highest BCUT2D eigenvalue weighted by Gasteiger charge is 2.32. The van der Waals surface area contributed by atoms with Gasteiger partial charge in [-0.3, -0.25) is 4.90 Å². The molecule has 2 nitrogen and oxygen atoms in total. The van der Waals surface area contributed by atoms with Crippen LogP contribution in [0.4, 0.5) is 0 Å². The van der Waals surface area contributed by atoms with Crippen LogP contribution in [-0.4, -0.2) is 31.1 Å². The predicted octanol–water partition coefficient (Wildman–Crippen LogP) is 1.23. The van der Waals surface area contributed by atoms with Gasteiger partial charge < -0.3 is 5.73 Å². The van der Waals surface area contributed by atoms with E-state index in [9.17, 15) is 0 Å². The van der Waals surface area contributed by atoms with Crippen molar-refractivity contribution in [3.8, 4) is 0 Å². The van der Waals surface area contributed by atoms with Crippen LogP contribution in [0.1, 0.15) is 19.8 Å². The third-order valence-electron chi connectivity index (χ3n) is 2.60. The largest absolute Gasteiger partial charge is 0.329 e. The lowest BCUT2D eigenvalue weighted by atomic mass is 10.1. The maximum Gasteiger partial charge on any atom is 0.0246 e. The Labute approximate surface area is 75.4 Å². The molecule has 0 heterocycles.